The minimum absolute atomic E-state index is 0.111. The van der Waals surface area contributed by atoms with Crippen molar-refractivity contribution in [3.05, 3.63) is 59.1 Å². The first-order valence-corrected chi connectivity index (χ1v) is 7.70. The molecule has 1 unspecified atom stereocenters. The Bertz CT molecular complexity index is 724. The van der Waals surface area contributed by atoms with Gasteiger partial charge in [0.25, 0.3) is 0 Å². The summed E-state index contributed by atoms with van der Waals surface area (Å²) in [5, 5.41) is 10.1. The van der Waals surface area contributed by atoms with Gasteiger partial charge in [0, 0.05) is 5.02 Å². The summed E-state index contributed by atoms with van der Waals surface area (Å²) in [6, 6.07) is 13.1. The van der Waals surface area contributed by atoms with Crippen molar-refractivity contribution < 1.29 is 24.2 Å². The Labute approximate surface area is 144 Å². The van der Waals surface area contributed by atoms with Crippen LogP contribution in [0, 0.1) is 0 Å². The number of carbonyl (C=O) groups excluding carboxylic acids is 1. The number of esters is 1. The molecule has 2 aromatic rings. The Kier molecular flexibility index (Phi) is 5.46. The van der Waals surface area contributed by atoms with E-state index in [0.29, 0.717) is 22.1 Å². The van der Waals surface area contributed by atoms with Crippen LogP contribution in [-0.4, -0.2) is 23.7 Å². The first kappa shape index (κ1) is 17.8. The van der Waals surface area contributed by atoms with Crippen molar-refractivity contribution in [3.8, 4) is 11.5 Å². The molecule has 24 heavy (non-hydrogen) atoms. The zero-order chi connectivity index (χ0) is 17.7. The molecular weight excluding hydrogens is 332 g/mol. The Balaban J connectivity index is 2.24. The van der Waals surface area contributed by atoms with E-state index in [0.717, 1.165) is 0 Å². The van der Waals surface area contributed by atoms with Crippen LogP contribution in [0.1, 0.15) is 19.4 Å². The Morgan fingerprint density at radius 2 is 1.54 bits per heavy atom. The lowest BCUT2D eigenvalue weighted by atomic mass is 9.82. The van der Waals surface area contributed by atoms with E-state index in [1.54, 1.807) is 43.3 Å². The number of halogens is 1. The van der Waals surface area contributed by atoms with Crippen molar-refractivity contribution >= 4 is 23.5 Å². The molecule has 0 amide bonds. The topological polar surface area (TPSA) is 72.8 Å². The smallest absolute Gasteiger partial charge is 0.327 e. The van der Waals surface area contributed by atoms with Crippen molar-refractivity contribution in [2.45, 2.75) is 19.3 Å². The molecule has 0 saturated heterocycles. The van der Waals surface area contributed by atoms with Gasteiger partial charge in [0.05, 0.1) is 6.61 Å². The van der Waals surface area contributed by atoms with Crippen LogP contribution < -0.4 is 4.74 Å². The van der Waals surface area contributed by atoms with E-state index in [1.165, 1.54) is 19.1 Å². The molecule has 2 aromatic carbocycles. The fourth-order valence-electron chi connectivity index (χ4n) is 2.10. The van der Waals surface area contributed by atoms with Crippen LogP contribution in [0.5, 0.6) is 11.5 Å². The molecule has 126 valence electrons. The minimum atomic E-state index is -1.77. The molecule has 0 heterocycles. The molecule has 6 heteroatoms. The molecule has 0 fully saturated rings. The number of carboxylic acid groups (broad SMARTS) is 1. The van der Waals surface area contributed by atoms with E-state index in [9.17, 15) is 14.7 Å². The van der Waals surface area contributed by atoms with E-state index in [2.05, 4.69) is 0 Å². The van der Waals surface area contributed by atoms with Crippen molar-refractivity contribution in [2.24, 2.45) is 0 Å². The predicted octanol–water partition coefficient (Wildman–Crippen LogP) is 4.04. The zero-order valence-electron chi connectivity index (χ0n) is 13.3. The molecule has 0 aromatic heterocycles. The lowest BCUT2D eigenvalue weighted by Crippen LogP contribution is -2.42. The molecule has 2 rings (SSSR count). The van der Waals surface area contributed by atoms with E-state index in [4.69, 9.17) is 21.1 Å². The largest absolute Gasteiger partial charge is 0.480 e. The van der Waals surface area contributed by atoms with E-state index in [1.807, 2.05) is 0 Å². The van der Waals surface area contributed by atoms with Gasteiger partial charge in [0.2, 0.25) is 0 Å². The second-order valence-corrected chi connectivity index (χ2v) is 5.67. The van der Waals surface area contributed by atoms with Gasteiger partial charge in [-0.25, -0.2) is 0 Å². The average molecular weight is 349 g/mol. The van der Waals surface area contributed by atoms with Crippen LogP contribution in [0.25, 0.3) is 0 Å². The van der Waals surface area contributed by atoms with Gasteiger partial charge in [0.15, 0.2) is 5.41 Å². The van der Waals surface area contributed by atoms with Gasteiger partial charge in [-0.15, -0.1) is 0 Å². The van der Waals surface area contributed by atoms with Crippen molar-refractivity contribution in [3.63, 3.8) is 0 Å². The van der Waals surface area contributed by atoms with Crippen LogP contribution >= 0.6 is 11.6 Å². The van der Waals surface area contributed by atoms with Crippen molar-refractivity contribution in [1.82, 2.24) is 0 Å². The van der Waals surface area contributed by atoms with E-state index < -0.39 is 17.4 Å². The maximum absolute atomic E-state index is 12.1. The van der Waals surface area contributed by atoms with Crippen LogP contribution in [0.3, 0.4) is 0 Å². The average Bonchev–Trinajstić information content (AvgIpc) is 2.57. The summed E-state index contributed by atoms with van der Waals surface area (Å²) in [6.07, 6.45) is 0. The number of ether oxygens (including phenoxy) is 2. The summed E-state index contributed by atoms with van der Waals surface area (Å²) in [5.74, 6) is -0.965. The lowest BCUT2D eigenvalue weighted by molar-refractivity contribution is -0.160. The van der Waals surface area contributed by atoms with Crippen LogP contribution in [0.15, 0.2) is 48.5 Å². The fourth-order valence-corrected chi connectivity index (χ4v) is 2.23. The zero-order valence-corrected chi connectivity index (χ0v) is 14.0. The number of aliphatic carboxylic acids is 1. The first-order chi connectivity index (χ1) is 11.4. The molecule has 0 spiro atoms. The van der Waals surface area contributed by atoms with Gasteiger partial charge >= 0.3 is 11.9 Å². The normalized spacial score (nSPS) is 13.0. The van der Waals surface area contributed by atoms with Gasteiger partial charge in [-0.2, -0.15) is 0 Å². The Hall–Kier alpha value is -2.53. The molecular formula is C18H17ClO5. The number of rotatable bonds is 6. The fraction of sp³-hybridized carbons (Fsp3) is 0.222. The van der Waals surface area contributed by atoms with Gasteiger partial charge in [0.1, 0.15) is 11.5 Å². The van der Waals surface area contributed by atoms with Gasteiger partial charge in [-0.3, -0.25) is 9.59 Å². The molecule has 0 bridgehead atoms. The highest BCUT2D eigenvalue weighted by molar-refractivity contribution is 6.30. The minimum Gasteiger partial charge on any atom is -0.480 e. The number of hydrogen-bond acceptors (Lipinski definition) is 4. The van der Waals surface area contributed by atoms with Crippen LogP contribution in [0.4, 0.5) is 0 Å². The quantitative estimate of drug-likeness (QED) is 0.630. The number of carbonyl (C=O) groups is 2. The molecule has 0 saturated carbocycles. The SMILES string of the molecule is CCOC(=O)C(C)(C(=O)O)c1ccc(Oc2ccc(Cl)cc2)cc1. The van der Waals surface area contributed by atoms with Gasteiger partial charge in [-0.1, -0.05) is 23.7 Å². The van der Waals surface area contributed by atoms with Crippen molar-refractivity contribution in [1.29, 1.82) is 0 Å². The van der Waals surface area contributed by atoms with E-state index in [-0.39, 0.29) is 6.61 Å². The number of benzene rings is 2. The summed E-state index contributed by atoms with van der Waals surface area (Å²) in [5.41, 5.74) is -1.45. The standard InChI is InChI=1S/C18H17ClO5/c1-3-23-17(22)18(2,16(20)21)12-4-8-14(9-5-12)24-15-10-6-13(19)7-11-15/h4-11H,3H2,1-2H3,(H,20,21). The molecule has 1 N–H and O–H groups in total. The third-order valence-electron chi connectivity index (χ3n) is 3.59. The highest BCUT2D eigenvalue weighted by Crippen LogP contribution is 2.29. The van der Waals surface area contributed by atoms with Crippen LogP contribution in [-0.2, 0) is 19.7 Å². The molecule has 0 aliphatic heterocycles. The molecule has 0 aliphatic carbocycles. The Morgan fingerprint density at radius 3 is 2.00 bits per heavy atom. The molecule has 0 aliphatic rings. The Morgan fingerprint density at radius 1 is 1.04 bits per heavy atom. The monoisotopic (exact) mass is 348 g/mol. The maximum Gasteiger partial charge on any atom is 0.327 e. The van der Waals surface area contributed by atoms with Gasteiger partial charge < -0.3 is 14.6 Å². The number of carboxylic acids is 1. The summed E-state index contributed by atoms with van der Waals surface area (Å²) in [4.78, 5) is 23.7. The van der Waals surface area contributed by atoms with Crippen LogP contribution in [0.2, 0.25) is 5.02 Å². The van der Waals surface area contributed by atoms with Gasteiger partial charge in [-0.05, 0) is 55.8 Å². The lowest BCUT2D eigenvalue weighted by Gasteiger charge is -2.23. The molecule has 0 radical (unpaired) electrons. The second kappa shape index (κ2) is 7.36. The summed E-state index contributed by atoms with van der Waals surface area (Å²) < 4.78 is 10.5. The highest BCUT2D eigenvalue weighted by Gasteiger charge is 2.44. The third kappa shape index (κ3) is 3.68. The third-order valence-corrected chi connectivity index (χ3v) is 3.84. The molecule has 1 atom stereocenters. The first-order valence-electron chi connectivity index (χ1n) is 7.32. The summed E-state index contributed by atoms with van der Waals surface area (Å²) >= 11 is 5.82. The molecule has 5 nitrogen and oxygen atoms in total. The predicted molar refractivity (Wildman–Crippen MR) is 89.6 cm³/mol. The summed E-state index contributed by atoms with van der Waals surface area (Å²) in [7, 11) is 0. The maximum atomic E-state index is 12.1. The second-order valence-electron chi connectivity index (χ2n) is 5.23. The highest BCUT2D eigenvalue weighted by atomic mass is 35.5. The van der Waals surface area contributed by atoms with Crippen molar-refractivity contribution in [2.75, 3.05) is 6.61 Å². The summed E-state index contributed by atoms with van der Waals surface area (Å²) in [6.45, 7) is 3.06. The van der Waals surface area contributed by atoms with E-state index >= 15 is 0 Å². The number of hydrogen-bond donors (Lipinski definition) is 1.